The minimum absolute atomic E-state index is 0.873. The standard InChI is InChI=1S/C12H18O.C2H4/c1-7-11(9(3)4)10(5)12(8-2)13-6;1-2/h7-8H,1,3H2,2,4-6H3;1-2H2/b11-10-,12-8+;. The van der Waals surface area contributed by atoms with Crippen molar-refractivity contribution in [3.8, 4) is 0 Å². The van der Waals surface area contributed by atoms with E-state index in [0.717, 1.165) is 22.5 Å². The Hall–Kier alpha value is -1.50. The van der Waals surface area contributed by atoms with E-state index in [4.69, 9.17) is 4.74 Å². The topological polar surface area (TPSA) is 9.23 Å². The molecule has 0 aliphatic rings. The molecule has 1 heteroatoms. The van der Waals surface area contributed by atoms with Crippen LogP contribution >= 0.6 is 0 Å². The molecule has 15 heavy (non-hydrogen) atoms. The number of hydrogen-bond acceptors (Lipinski definition) is 1. The molecule has 0 N–H and O–H groups in total. The van der Waals surface area contributed by atoms with Crippen LogP contribution in [0.4, 0.5) is 0 Å². The van der Waals surface area contributed by atoms with E-state index in [0.29, 0.717) is 0 Å². The highest BCUT2D eigenvalue weighted by Gasteiger charge is 2.04. The molecule has 0 aromatic carbocycles. The molecule has 84 valence electrons. The number of methoxy groups -OCH3 is 1. The maximum Gasteiger partial charge on any atom is 0.118 e. The SMILES string of the molecule is C=C.C=C/C(C(=C)C)=C(C)/C(=C\C)OC. The van der Waals surface area contributed by atoms with Crippen LogP contribution in [0.1, 0.15) is 20.8 Å². The summed E-state index contributed by atoms with van der Waals surface area (Å²) < 4.78 is 5.21. The molecular weight excluding hydrogens is 184 g/mol. The normalized spacial score (nSPS) is 11.9. The van der Waals surface area contributed by atoms with Gasteiger partial charge in [-0.05, 0) is 38.0 Å². The van der Waals surface area contributed by atoms with Gasteiger partial charge in [-0.3, -0.25) is 0 Å². The Morgan fingerprint density at radius 3 is 1.87 bits per heavy atom. The summed E-state index contributed by atoms with van der Waals surface area (Å²) in [6.45, 7) is 19.6. The molecule has 0 spiro atoms. The summed E-state index contributed by atoms with van der Waals surface area (Å²) in [5, 5.41) is 0. The van der Waals surface area contributed by atoms with Gasteiger partial charge in [-0.15, -0.1) is 13.2 Å². The molecule has 0 bridgehead atoms. The quantitative estimate of drug-likeness (QED) is 0.376. The lowest BCUT2D eigenvalue weighted by molar-refractivity contribution is 0.299. The van der Waals surface area contributed by atoms with Crippen LogP contribution in [-0.4, -0.2) is 7.11 Å². The number of allylic oxidation sites excluding steroid dienone is 5. The van der Waals surface area contributed by atoms with Crippen molar-refractivity contribution in [2.75, 3.05) is 7.11 Å². The highest BCUT2D eigenvalue weighted by molar-refractivity contribution is 5.45. The second kappa shape index (κ2) is 9.07. The monoisotopic (exact) mass is 206 g/mol. The van der Waals surface area contributed by atoms with Crippen molar-refractivity contribution in [1.82, 2.24) is 0 Å². The van der Waals surface area contributed by atoms with Gasteiger partial charge >= 0.3 is 0 Å². The summed E-state index contributed by atoms with van der Waals surface area (Å²) >= 11 is 0. The second-order valence-corrected chi connectivity index (χ2v) is 2.88. The molecule has 0 heterocycles. The van der Waals surface area contributed by atoms with Crippen LogP contribution in [0.3, 0.4) is 0 Å². The Balaban J connectivity index is 0. The van der Waals surface area contributed by atoms with Gasteiger partial charge in [-0.1, -0.05) is 24.8 Å². The number of ether oxygens (including phenoxy) is 1. The molecule has 0 atom stereocenters. The van der Waals surface area contributed by atoms with Crippen molar-refractivity contribution in [3.63, 3.8) is 0 Å². The van der Waals surface area contributed by atoms with Gasteiger partial charge in [0, 0.05) is 0 Å². The molecule has 0 fully saturated rings. The Labute approximate surface area is 94.2 Å². The zero-order valence-electron chi connectivity index (χ0n) is 10.4. The van der Waals surface area contributed by atoms with Crippen molar-refractivity contribution < 1.29 is 4.74 Å². The molecule has 0 aliphatic carbocycles. The summed E-state index contributed by atoms with van der Waals surface area (Å²) in [4.78, 5) is 0. The van der Waals surface area contributed by atoms with Crippen LogP contribution in [0.2, 0.25) is 0 Å². The van der Waals surface area contributed by atoms with Gasteiger partial charge in [0.25, 0.3) is 0 Å². The van der Waals surface area contributed by atoms with Crippen LogP contribution in [0.5, 0.6) is 0 Å². The summed E-state index contributed by atoms with van der Waals surface area (Å²) in [7, 11) is 1.66. The van der Waals surface area contributed by atoms with Gasteiger partial charge in [0.15, 0.2) is 0 Å². The lowest BCUT2D eigenvalue weighted by Crippen LogP contribution is -1.93. The highest BCUT2D eigenvalue weighted by atomic mass is 16.5. The summed E-state index contributed by atoms with van der Waals surface area (Å²) in [6, 6.07) is 0. The lowest BCUT2D eigenvalue weighted by Gasteiger charge is -2.10. The minimum Gasteiger partial charge on any atom is -0.497 e. The molecule has 0 rings (SSSR count). The van der Waals surface area contributed by atoms with Gasteiger partial charge in [0.1, 0.15) is 5.76 Å². The van der Waals surface area contributed by atoms with E-state index in [1.807, 2.05) is 26.8 Å². The minimum atomic E-state index is 0.873. The largest absolute Gasteiger partial charge is 0.497 e. The first-order chi connectivity index (χ1) is 7.08. The predicted octanol–water partition coefficient (Wildman–Crippen LogP) is 4.42. The zero-order valence-corrected chi connectivity index (χ0v) is 10.4. The van der Waals surface area contributed by atoms with Crippen LogP contribution in [0, 0.1) is 0 Å². The van der Waals surface area contributed by atoms with Crippen LogP contribution in [0.15, 0.2) is 60.9 Å². The Morgan fingerprint density at radius 2 is 1.67 bits per heavy atom. The van der Waals surface area contributed by atoms with Crippen LogP contribution in [0.25, 0.3) is 0 Å². The fourth-order valence-corrected chi connectivity index (χ4v) is 1.27. The summed E-state index contributed by atoms with van der Waals surface area (Å²) in [5.74, 6) is 0.873. The molecule has 0 saturated carbocycles. The van der Waals surface area contributed by atoms with E-state index in [2.05, 4.69) is 26.3 Å². The average Bonchev–Trinajstić information content (AvgIpc) is 2.23. The van der Waals surface area contributed by atoms with E-state index in [1.54, 1.807) is 13.2 Å². The van der Waals surface area contributed by atoms with Gasteiger partial charge in [-0.25, -0.2) is 0 Å². The first-order valence-electron chi connectivity index (χ1n) is 4.78. The van der Waals surface area contributed by atoms with E-state index < -0.39 is 0 Å². The van der Waals surface area contributed by atoms with E-state index in [1.165, 1.54) is 0 Å². The first-order valence-corrected chi connectivity index (χ1v) is 4.78. The van der Waals surface area contributed by atoms with Crippen molar-refractivity contribution in [3.05, 3.63) is 60.9 Å². The second-order valence-electron chi connectivity index (χ2n) is 2.88. The average molecular weight is 206 g/mol. The molecule has 0 amide bonds. The maximum atomic E-state index is 5.21. The highest BCUT2D eigenvalue weighted by Crippen LogP contribution is 2.20. The van der Waals surface area contributed by atoms with Crippen molar-refractivity contribution in [2.24, 2.45) is 0 Å². The van der Waals surface area contributed by atoms with E-state index in [9.17, 15) is 0 Å². The summed E-state index contributed by atoms with van der Waals surface area (Å²) in [5.41, 5.74) is 3.13. The molecule has 0 aromatic heterocycles. The fraction of sp³-hybridized carbons (Fsp3) is 0.286. The third kappa shape index (κ3) is 5.06. The van der Waals surface area contributed by atoms with Gasteiger partial charge in [0.05, 0.1) is 7.11 Å². The number of rotatable bonds is 4. The van der Waals surface area contributed by atoms with E-state index >= 15 is 0 Å². The Morgan fingerprint density at radius 1 is 1.20 bits per heavy atom. The fourth-order valence-electron chi connectivity index (χ4n) is 1.27. The molecular formula is C14H22O. The molecule has 0 aliphatic heterocycles. The first kappa shape index (κ1) is 15.9. The smallest absolute Gasteiger partial charge is 0.118 e. The molecule has 1 nitrogen and oxygen atoms in total. The maximum absolute atomic E-state index is 5.21. The molecule has 0 saturated heterocycles. The van der Waals surface area contributed by atoms with Gasteiger partial charge in [-0.2, -0.15) is 0 Å². The Bertz CT molecular complexity index is 280. The molecule has 0 aromatic rings. The van der Waals surface area contributed by atoms with Crippen LogP contribution in [-0.2, 0) is 4.74 Å². The third-order valence-corrected chi connectivity index (χ3v) is 1.92. The zero-order chi connectivity index (χ0) is 12.4. The van der Waals surface area contributed by atoms with Crippen molar-refractivity contribution in [2.45, 2.75) is 20.8 Å². The molecule has 0 radical (unpaired) electrons. The van der Waals surface area contributed by atoms with Gasteiger partial charge < -0.3 is 4.74 Å². The lowest BCUT2D eigenvalue weighted by atomic mass is 10.0. The predicted molar refractivity (Wildman–Crippen MR) is 69.7 cm³/mol. The van der Waals surface area contributed by atoms with Gasteiger partial charge in [0.2, 0.25) is 0 Å². The molecule has 0 unspecified atom stereocenters. The van der Waals surface area contributed by atoms with Crippen molar-refractivity contribution in [1.29, 1.82) is 0 Å². The van der Waals surface area contributed by atoms with Crippen molar-refractivity contribution >= 4 is 0 Å². The third-order valence-electron chi connectivity index (χ3n) is 1.92. The van der Waals surface area contributed by atoms with E-state index in [-0.39, 0.29) is 0 Å². The number of hydrogen-bond donors (Lipinski definition) is 0. The van der Waals surface area contributed by atoms with Crippen LogP contribution < -0.4 is 0 Å². The Kier molecular flexibility index (Phi) is 9.65. The summed E-state index contributed by atoms with van der Waals surface area (Å²) in [6.07, 6.45) is 3.74.